The summed E-state index contributed by atoms with van der Waals surface area (Å²) in [6.45, 7) is 6.18. The Hall–Kier alpha value is -2.91. The van der Waals surface area contributed by atoms with E-state index in [1.165, 1.54) is 14.1 Å². The van der Waals surface area contributed by atoms with Gasteiger partial charge in [0, 0.05) is 13.6 Å². The van der Waals surface area contributed by atoms with E-state index in [0.29, 0.717) is 30.3 Å². The summed E-state index contributed by atoms with van der Waals surface area (Å²) < 4.78 is 4.25. The van der Waals surface area contributed by atoms with Gasteiger partial charge in [0.1, 0.15) is 6.54 Å². The molecule has 2 N–H and O–H groups in total. The summed E-state index contributed by atoms with van der Waals surface area (Å²) in [4.78, 5) is 41.2. The van der Waals surface area contributed by atoms with Crippen LogP contribution in [0.4, 0.5) is 5.95 Å². The Morgan fingerprint density at radius 2 is 2.00 bits per heavy atom. The second-order valence-corrected chi connectivity index (χ2v) is 6.68. The number of hydrogen-bond acceptors (Lipinski definition) is 6. The Morgan fingerprint density at radius 3 is 2.60 bits per heavy atom. The van der Waals surface area contributed by atoms with Gasteiger partial charge in [-0.3, -0.25) is 23.3 Å². The van der Waals surface area contributed by atoms with E-state index in [9.17, 15) is 14.4 Å². The molecule has 0 bridgehead atoms. The monoisotopic (exact) mass is 347 g/mol. The molecule has 0 atom stereocenters. The first-order valence-electron chi connectivity index (χ1n) is 8.00. The number of hydrazone groups is 1. The van der Waals surface area contributed by atoms with Crippen LogP contribution in [0.2, 0.25) is 0 Å². The van der Waals surface area contributed by atoms with Gasteiger partial charge in [0.25, 0.3) is 5.56 Å². The van der Waals surface area contributed by atoms with E-state index < -0.39 is 11.6 Å². The lowest BCUT2D eigenvalue weighted by Gasteiger charge is -2.23. The fourth-order valence-corrected chi connectivity index (χ4v) is 3.00. The SMILES string of the molecule is CC1=NN(CC(N)=O)c2nc3c(c(=O)n(CC(C)C)c(=O)n3C)n2C1. The zero-order valence-electron chi connectivity index (χ0n) is 14.7. The number of aryl methyl sites for hydroxylation is 1. The third-order valence-electron chi connectivity index (χ3n) is 3.97. The highest BCUT2D eigenvalue weighted by Gasteiger charge is 2.27. The van der Waals surface area contributed by atoms with Crippen LogP contribution >= 0.6 is 0 Å². The predicted octanol–water partition coefficient (Wildman–Crippen LogP) is -0.766. The van der Waals surface area contributed by atoms with Crippen molar-refractivity contribution in [2.75, 3.05) is 11.6 Å². The Morgan fingerprint density at radius 1 is 1.32 bits per heavy atom. The molecule has 25 heavy (non-hydrogen) atoms. The Bertz CT molecular complexity index is 1010. The average molecular weight is 347 g/mol. The lowest BCUT2D eigenvalue weighted by atomic mass is 10.2. The van der Waals surface area contributed by atoms with Gasteiger partial charge in [-0.25, -0.2) is 9.80 Å². The Balaban J connectivity index is 2.32. The smallest absolute Gasteiger partial charge is 0.332 e. The van der Waals surface area contributed by atoms with Crippen molar-refractivity contribution in [2.45, 2.75) is 33.9 Å². The molecule has 0 radical (unpaired) electrons. The van der Waals surface area contributed by atoms with Crippen LogP contribution in [0.1, 0.15) is 20.8 Å². The molecule has 0 aromatic carbocycles. The number of rotatable bonds is 4. The number of hydrogen-bond donors (Lipinski definition) is 1. The molecule has 0 fully saturated rings. The highest BCUT2D eigenvalue weighted by Crippen LogP contribution is 2.23. The van der Waals surface area contributed by atoms with Crippen LogP contribution in [0.25, 0.3) is 11.2 Å². The van der Waals surface area contributed by atoms with E-state index in [0.717, 1.165) is 0 Å². The van der Waals surface area contributed by atoms with Crippen molar-refractivity contribution in [1.82, 2.24) is 18.7 Å². The van der Waals surface area contributed by atoms with Crippen LogP contribution in [0.5, 0.6) is 0 Å². The highest BCUT2D eigenvalue weighted by molar-refractivity contribution is 5.89. The number of aromatic nitrogens is 4. The molecule has 0 spiro atoms. The number of primary amides is 1. The van der Waals surface area contributed by atoms with Gasteiger partial charge in [-0.1, -0.05) is 13.8 Å². The first kappa shape index (κ1) is 16.9. The molecule has 10 nitrogen and oxygen atoms in total. The maximum atomic E-state index is 12.9. The Labute approximate surface area is 143 Å². The molecular formula is C15H21N7O3. The summed E-state index contributed by atoms with van der Waals surface area (Å²) in [5.74, 6) is -0.0989. The van der Waals surface area contributed by atoms with Gasteiger partial charge in [-0.05, 0) is 12.8 Å². The molecule has 10 heteroatoms. The first-order valence-corrected chi connectivity index (χ1v) is 8.00. The number of anilines is 1. The van der Waals surface area contributed by atoms with E-state index in [1.807, 2.05) is 13.8 Å². The summed E-state index contributed by atoms with van der Waals surface area (Å²) >= 11 is 0. The minimum absolute atomic E-state index is 0.140. The lowest BCUT2D eigenvalue weighted by molar-refractivity contribution is -0.116. The zero-order valence-corrected chi connectivity index (χ0v) is 14.7. The van der Waals surface area contributed by atoms with Gasteiger partial charge in [0.05, 0.1) is 12.3 Å². The number of carbonyl (C=O) groups excluding carboxylic acids is 1. The maximum Gasteiger partial charge on any atom is 0.332 e. The second kappa shape index (κ2) is 5.87. The van der Waals surface area contributed by atoms with Crippen molar-refractivity contribution in [2.24, 2.45) is 23.8 Å². The fraction of sp³-hybridized carbons (Fsp3) is 0.533. The fourth-order valence-electron chi connectivity index (χ4n) is 3.00. The topological polar surface area (TPSA) is 121 Å². The number of imidazole rings is 1. The molecule has 3 rings (SSSR count). The van der Waals surface area contributed by atoms with Gasteiger partial charge < -0.3 is 5.73 Å². The van der Waals surface area contributed by atoms with E-state index in [2.05, 4.69) is 10.1 Å². The van der Waals surface area contributed by atoms with E-state index in [1.54, 1.807) is 18.5 Å². The van der Waals surface area contributed by atoms with Crippen molar-refractivity contribution < 1.29 is 4.79 Å². The van der Waals surface area contributed by atoms with Crippen LogP contribution in [-0.2, 0) is 24.9 Å². The third kappa shape index (κ3) is 2.73. The summed E-state index contributed by atoms with van der Waals surface area (Å²) in [5.41, 5.74) is 5.76. The normalized spacial score (nSPS) is 14.1. The number of fused-ring (bicyclic) bond motifs is 3. The maximum absolute atomic E-state index is 12.9. The Kier molecular flexibility index (Phi) is 3.97. The van der Waals surface area contributed by atoms with E-state index >= 15 is 0 Å². The molecule has 0 unspecified atom stereocenters. The van der Waals surface area contributed by atoms with Crippen molar-refractivity contribution in [3.05, 3.63) is 20.8 Å². The zero-order chi connectivity index (χ0) is 18.5. The van der Waals surface area contributed by atoms with E-state index in [4.69, 9.17) is 5.73 Å². The van der Waals surface area contributed by atoms with E-state index in [-0.39, 0.29) is 23.7 Å². The molecule has 0 saturated heterocycles. The molecule has 1 aliphatic heterocycles. The summed E-state index contributed by atoms with van der Waals surface area (Å²) in [6, 6.07) is 0. The third-order valence-corrected chi connectivity index (χ3v) is 3.97. The van der Waals surface area contributed by atoms with Crippen molar-refractivity contribution in [3.8, 4) is 0 Å². The average Bonchev–Trinajstić information content (AvgIpc) is 2.88. The van der Waals surface area contributed by atoms with Crippen molar-refractivity contribution in [3.63, 3.8) is 0 Å². The molecule has 2 aromatic rings. The summed E-state index contributed by atoms with van der Waals surface area (Å²) in [6.07, 6.45) is 0. The van der Waals surface area contributed by atoms with Crippen LogP contribution < -0.4 is 22.0 Å². The lowest BCUT2D eigenvalue weighted by Crippen LogP contribution is -2.41. The predicted molar refractivity (Wildman–Crippen MR) is 93.7 cm³/mol. The van der Waals surface area contributed by atoms with Gasteiger partial charge in [-0.2, -0.15) is 10.1 Å². The second-order valence-electron chi connectivity index (χ2n) is 6.68. The molecule has 1 aliphatic rings. The van der Waals surface area contributed by atoms with Crippen LogP contribution in [0.3, 0.4) is 0 Å². The van der Waals surface area contributed by atoms with Gasteiger partial charge in [-0.15, -0.1) is 0 Å². The largest absolute Gasteiger partial charge is 0.368 e. The van der Waals surface area contributed by atoms with Crippen LogP contribution in [0, 0.1) is 5.92 Å². The minimum atomic E-state index is -0.567. The number of nitrogens with two attached hydrogens (primary N) is 1. The molecule has 2 aromatic heterocycles. The summed E-state index contributed by atoms with van der Waals surface area (Å²) in [5, 5.41) is 5.64. The molecule has 134 valence electrons. The highest BCUT2D eigenvalue weighted by atomic mass is 16.2. The number of carbonyl (C=O) groups is 1. The summed E-state index contributed by atoms with van der Waals surface area (Å²) in [7, 11) is 1.58. The van der Waals surface area contributed by atoms with Gasteiger partial charge >= 0.3 is 5.69 Å². The number of nitrogens with zero attached hydrogens (tertiary/aromatic N) is 6. The van der Waals surface area contributed by atoms with Gasteiger partial charge in [0.15, 0.2) is 11.2 Å². The first-order chi connectivity index (χ1) is 11.7. The van der Waals surface area contributed by atoms with Crippen LogP contribution in [-0.4, -0.2) is 36.8 Å². The number of amides is 1. The van der Waals surface area contributed by atoms with Crippen LogP contribution in [0.15, 0.2) is 14.7 Å². The molecule has 3 heterocycles. The van der Waals surface area contributed by atoms with Crippen molar-refractivity contribution in [1.29, 1.82) is 0 Å². The molecule has 1 amide bonds. The standard InChI is InChI=1S/C15H21N7O3/c1-8(2)5-21-13(24)11-12(19(4)15(21)25)17-14-20(11)6-9(3)18-22(14)7-10(16)23/h8H,5-7H2,1-4H3,(H2,16,23). The van der Waals surface area contributed by atoms with Gasteiger partial charge in [0.2, 0.25) is 11.9 Å². The quantitative estimate of drug-likeness (QED) is 0.779. The molecule has 0 saturated carbocycles. The molecule has 0 aliphatic carbocycles. The molecular weight excluding hydrogens is 326 g/mol. The van der Waals surface area contributed by atoms with Crippen molar-refractivity contribution >= 4 is 28.7 Å². The minimum Gasteiger partial charge on any atom is -0.368 e.